The van der Waals surface area contributed by atoms with E-state index in [4.69, 9.17) is 5.73 Å². The monoisotopic (exact) mass is 375 g/mol. The van der Waals surface area contributed by atoms with Crippen molar-refractivity contribution < 1.29 is 8.42 Å². The number of fused-ring (bicyclic) bond motifs is 2. The Balaban J connectivity index is 1.67. The van der Waals surface area contributed by atoms with Gasteiger partial charge >= 0.3 is 0 Å². The summed E-state index contributed by atoms with van der Waals surface area (Å²) in [4.78, 5) is 14.4. The zero-order valence-electron chi connectivity index (χ0n) is 13.6. The van der Waals surface area contributed by atoms with Gasteiger partial charge in [-0.1, -0.05) is 0 Å². The minimum atomic E-state index is -3.29. The minimum Gasteiger partial charge on any atom is -0.375 e. The van der Waals surface area contributed by atoms with Crippen molar-refractivity contribution >= 4 is 43.0 Å². The third-order valence-electron chi connectivity index (χ3n) is 4.33. The van der Waals surface area contributed by atoms with E-state index in [9.17, 15) is 8.42 Å². The van der Waals surface area contributed by atoms with Crippen LogP contribution in [0.15, 0.2) is 29.4 Å². The molecule has 25 heavy (non-hydrogen) atoms. The van der Waals surface area contributed by atoms with Gasteiger partial charge in [0.15, 0.2) is 15.0 Å². The lowest BCUT2D eigenvalue weighted by atomic mass is 9.97. The van der Waals surface area contributed by atoms with Crippen LogP contribution in [0.3, 0.4) is 0 Å². The fourth-order valence-electron chi connectivity index (χ4n) is 3.09. The first-order chi connectivity index (χ1) is 11.9. The third kappa shape index (κ3) is 3.16. The lowest BCUT2D eigenvalue weighted by Crippen LogP contribution is -2.27. The lowest BCUT2D eigenvalue weighted by molar-refractivity contribution is 0.602. The maximum absolute atomic E-state index is 11.8. The second-order valence-electron chi connectivity index (χ2n) is 6.18. The van der Waals surface area contributed by atoms with Crippen LogP contribution in [0.5, 0.6) is 0 Å². The highest BCUT2D eigenvalue weighted by molar-refractivity contribution is 7.90. The molecule has 0 aliphatic heterocycles. The molecule has 3 N–H and O–H groups in total. The van der Waals surface area contributed by atoms with Gasteiger partial charge in [-0.3, -0.25) is 0 Å². The van der Waals surface area contributed by atoms with Crippen LogP contribution >= 0.6 is 11.3 Å². The number of nitrogens with zero attached hydrogens (tertiary/aromatic N) is 3. The van der Waals surface area contributed by atoms with Gasteiger partial charge in [0.1, 0.15) is 12.1 Å². The molecular formula is C16H17N5O2S2. The fourth-order valence-corrected chi connectivity index (χ4v) is 4.70. The van der Waals surface area contributed by atoms with Crippen molar-refractivity contribution in [2.45, 2.75) is 30.2 Å². The Morgan fingerprint density at radius 2 is 2.16 bits per heavy atom. The number of sulfone groups is 1. The Morgan fingerprint density at radius 1 is 1.32 bits per heavy atom. The Bertz CT molecular complexity index is 1060. The predicted molar refractivity (Wildman–Crippen MR) is 98.6 cm³/mol. The van der Waals surface area contributed by atoms with Gasteiger partial charge in [-0.25, -0.2) is 23.4 Å². The molecule has 1 atom stereocenters. The van der Waals surface area contributed by atoms with Crippen molar-refractivity contribution in [3.8, 4) is 0 Å². The maximum Gasteiger partial charge on any atom is 0.180 e. The number of nitrogens with one attached hydrogen (secondary N) is 1. The van der Waals surface area contributed by atoms with E-state index in [1.54, 1.807) is 18.2 Å². The summed E-state index contributed by atoms with van der Waals surface area (Å²) in [5.41, 5.74) is 7.60. The van der Waals surface area contributed by atoms with E-state index in [1.165, 1.54) is 28.8 Å². The van der Waals surface area contributed by atoms with E-state index in [-0.39, 0.29) is 10.9 Å². The van der Waals surface area contributed by atoms with Crippen LogP contribution in [-0.4, -0.2) is 35.7 Å². The van der Waals surface area contributed by atoms with Gasteiger partial charge in [0.2, 0.25) is 0 Å². The summed E-state index contributed by atoms with van der Waals surface area (Å²) < 4.78 is 23.7. The van der Waals surface area contributed by atoms with Crippen molar-refractivity contribution in [3.05, 3.63) is 35.1 Å². The number of aryl methyl sites for hydroxylation is 1. The van der Waals surface area contributed by atoms with Crippen molar-refractivity contribution in [3.63, 3.8) is 0 Å². The second kappa shape index (κ2) is 5.92. The molecule has 0 radical (unpaired) electrons. The normalized spacial score (nSPS) is 17.4. The van der Waals surface area contributed by atoms with Gasteiger partial charge in [-0.2, -0.15) is 0 Å². The van der Waals surface area contributed by atoms with Crippen LogP contribution < -0.4 is 11.1 Å². The highest BCUT2D eigenvalue weighted by atomic mass is 32.2. The van der Waals surface area contributed by atoms with Crippen molar-refractivity contribution in [2.24, 2.45) is 0 Å². The summed E-state index contributed by atoms with van der Waals surface area (Å²) in [7, 11) is -3.29. The highest BCUT2D eigenvalue weighted by Crippen LogP contribution is 2.30. The van der Waals surface area contributed by atoms with Crippen molar-refractivity contribution in [1.29, 1.82) is 0 Å². The molecule has 2 aromatic heterocycles. The first-order valence-corrected chi connectivity index (χ1v) is 10.6. The molecule has 1 aromatic carbocycles. The molecule has 9 heteroatoms. The molecular weight excluding hydrogens is 358 g/mol. The van der Waals surface area contributed by atoms with E-state index in [0.717, 1.165) is 25.0 Å². The highest BCUT2D eigenvalue weighted by Gasteiger charge is 2.23. The first-order valence-electron chi connectivity index (χ1n) is 7.85. The molecule has 0 saturated heterocycles. The van der Waals surface area contributed by atoms with Gasteiger partial charge in [-0.15, -0.1) is 11.3 Å². The average Bonchev–Trinajstić information content (AvgIpc) is 2.93. The first kappa shape index (κ1) is 16.2. The van der Waals surface area contributed by atoms with Gasteiger partial charge in [-0.05, 0) is 31.0 Å². The van der Waals surface area contributed by atoms with E-state index in [1.807, 2.05) is 0 Å². The number of aromatic nitrogens is 3. The van der Waals surface area contributed by atoms with Crippen LogP contribution in [-0.2, 0) is 22.7 Å². The average molecular weight is 375 g/mol. The number of nitrogens with two attached hydrogens (primary N) is 1. The van der Waals surface area contributed by atoms with Crippen molar-refractivity contribution in [1.82, 2.24) is 15.0 Å². The molecule has 3 aromatic rings. The number of anilines is 2. The Morgan fingerprint density at radius 3 is 2.96 bits per heavy atom. The topological polar surface area (TPSA) is 111 Å². The predicted octanol–water partition coefficient (Wildman–Crippen LogP) is 2.04. The van der Waals surface area contributed by atoms with Gasteiger partial charge in [0.25, 0.3) is 0 Å². The zero-order chi connectivity index (χ0) is 17.6. The molecule has 0 bridgehead atoms. The van der Waals surface area contributed by atoms with Crippen LogP contribution in [0.1, 0.15) is 17.0 Å². The molecule has 0 fully saturated rings. The zero-order valence-corrected chi connectivity index (χ0v) is 15.2. The summed E-state index contributed by atoms with van der Waals surface area (Å²) in [6.07, 6.45) is 5.32. The summed E-state index contributed by atoms with van der Waals surface area (Å²) in [6, 6.07) is 5.11. The third-order valence-corrected chi connectivity index (χ3v) is 6.39. The smallest absolute Gasteiger partial charge is 0.180 e. The quantitative estimate of drug-likeness (QED) is 0.720. The molecule has 1 aliphatic rings. The van der Waals surface area contributed by atoms with Gasteiger partial charge in [0, 0.05) is 29.0 Å². The molecule has 7 nitrogen and oxygen atoms in total. The van der Waals surface area contributed by atoms with Crippen LogP contribution in [0.25, 0.3) is 10.9 Å². The number of rotatable bonds is 3. The van der Waals surface area contributed by atoms with Gasteiger partial charge in [0.05, 0.1) is 16.1 Å². The van der Waals surface area contributed by atoms with E-state index in [2.05, 4.69) is 20.3 Å². The van der Waals surface area contributed by atoms with Crippen molar-refractivity contribution in [2.75, 3.05) is 17.3 Å². The molecule has 130 valence electrons. The van der Waals surface area contributed by atoms with Gasteiger partial charge < -0.3 is 11.1 Å². The fraction of sp³-hybridized carbons (Fsp3) is 0.312. The number of hydrogen-bond donors (Lipinski definition) is 2. The van der Waals surface area contributed by atoms with E-state index >= 15 is 0 Å². The Kier molecular flexibility index (Phi) is 3.84. The largest absolute Gasteiger partial charge is 0.375 e. The van der Waals surface area contributed by atoms with E-state index < -0.39 is 9.84 Å². The molecule has 1 unspecified atom stereocenters. The standard InChI is InChI=1S/C16H17N5O2S2/c1-25(22,23)10-3-5-12-11(7-10)15(19-8-18-12)20-9-2-4-13-14(6-9)24-16(17)21-13/h3,5,7-9H,2,4,6H2,1H3,(H2,17,21)(H,18,19,20). The number of benzene rings is 1. The molecule has 0 saturated carbocycles. The van der Waals surface area contributed by atoms with Crippen LogP contribution in [0, 0.1) is 0 Å². The number of thiazole rings is 1. The molecule has 0 spiro atoms. The molecule has 2 heterocycles. The summed E-state index contributed by atoms with van der Waals surface area (Å²) in [5.74, 6) is 0.654. The number of nitrogen functional groups attached to an aromatic ring is 1. The summed E-state index contributed by atoms with van der Waals surface area (Å²) in [5, 5.41) is 4.76. The second-order valence-corrected chi connectivity index (χ2v) is 9.31. The number of hydrogen-bond acceptors (Lipinski definition) is 8. The van der Waals surface area contributed by atoms with Crippen LogP contribution in [0.4, 0.5) is 10.9 Å². The summed E-state index contributed by atoms with van der Waals surface area (Å²) in [6.45, 7) is 0. The molecule has 0 amide bonds. The van der Waals surface area contributed by atoms with E-state index in [0.29, 0.717) is 21.9 Å². The summed E-state index contributed by atoms with van der Waals surface area (Å²) >= 11 is 1.53. The Hall–Kier alpha value is -2.26. The SMILES string of the molecule is CS(=O)(=O)c1ccc2ncnc(NC3CCc4nc(N)sc4C3)c2c1. The maximum atomic E-state index is 11.8. The lowest BCUT2D eigenvalue weighted by Gasteiger charge is -2.23. The molecule has 4 rings (SSSR count). The minimum absolute atomic E-state index is 0.201. The Labute approximate surface area is 149 Å². The molecule has 1 aliphatic carbocycles. The van der Waals surface area contributed by atoms with Crippen LogP contribution in [0.2, 0.25) is 0 Å².